The molecule has 75 valence electrons. The Morgan fingerprint density at radius 2 is 0.222 bits per heavy atom. The fraction of sp³-hybridized carbons (Fsp3) is 0. The first-order chi connectivity index (χ1) is 0. The van der Waals surface area contributed by atoms with Gasteiger partial charge in [-0.1, -0.05) is 0 Å². The molecule has 0 atom stereocenters. The molecule has 0 saturated carbocycles. The van der Waals surface area contributed by atoms with Crippen molar-refractivity contribution in [1.82, 2.24) is 0 Å². The molecule has 0 aliphatic rings. The number of halogens is 6. The molecule has 0 aromatic heterocycles. The normalized spacial score (nSPS) is 0. The molecular weight excluding hydrogens is 789 g/mol. The van der Waals surface area contributed by atoms with Gasteiger partial charge in [-0.25, -0.2) is 0 Å². The van der Waals surface area contributed by atoms with Crippen molar-refractivity contribution in [3.05, 3.63) is 0 Å². The van der Waals surface area contributed by atoms with Crippen LogP contribution < -0.4 is 74.4 Å². The third-order valence-electron chi connectivity index (χ3n) is 0. The van der Waals surface area contributed by atoms with Crippen molar-refractivity contribution in [2.75, 3.05) is 0 Å². The molecule has 0 rings (SSSR count). The summed E-state index contributed by atoms with van der Waals surface area (Å²) in [5, 5.41) is 0. The van der Waals surface area contributed by atoms with Gasteiger partial charge in [0, 0.05) is 60.3 Å². The second kappa shape index (κ2) is 98.2. The summed E-state index contributed by atoms with van der Waals surface area (Å²) in [5.74, 6) is 0. The van der Waals surface area contributed by atoms with Crippen LogP contribution >= 0.6 is 0 Å². The summed E-state index contributed by atoms with van der Waals surface area (Å²) >= 11 is 0. The van der Waals surface area contributed by atoms with Crippen molar-refractivity contribution < 1.29 is 135 Å². The Labute approximate surface area is 133 Å². The third-order valence-corrected chi connectivity index (χ3v) is 0. The van der Waals surface area contributed by atoms with Crippen molar-refractivity contribution in [2.24, 2.45) is 0 Å². The molecule has 0 amide bonds. The van der Waals surface area contributed by atoms with E-state index in [1.165, 1.54) is 0 Å². The fourth-order valence-electron chi connectivity index (χ4n) is 0. The van der Waals surface area contributed by atoms with Gasteiger partial charge in [-0.2, -0.15) is 0 Å². The molecule has 0 aromatic carbocycles. The van der Waals surface area contributed by atoms with Crippen LogP contribution in [-0.4, -0.2) is 0 Å². The van der Waals surface area contributed by atoms with E-state index < -0.39 is 0 Å². The number of hydrogen-bond donors (Lipinski definition) is 0. The Morgan fingerprint density at radius 1 is 0.222 bits per heavy atom. The van der Waals surface area contributed by atoms with Crippen molar-refractivity contribution in [1.29, 1.82) is 0 Å². The molecule has 0 bridgehead atoms. The van der Waals surface area contributed by atoms with Gasteiger partial charge in [0.2, 0.25) is 0 Å². The largest absolute Gasteiger partial charge is 1.00 e. The number of hydrogen-bond acceptors (Lipinski definition) is 0. The Balaban J connectivity index is 0. The van der Waals surface area contributed by atoms with Crippen LogP contribution in [0.3, 0.4) is 0 Å². The van der Waals surface area contributed by atoms with Gasteiger partial charge in [-0.3, -0.25) is 0 Å². The van der Waals surface area contributed by atoms with E-state index in [0.29, 0.717) is 0 Å². The maximum atomic E-state index is 0. The quantitative estimate of drug-likeness (QED) is 0.229. The molecule has 9 heavy (non-hydrogen) atoms. The Bertz CT molecular complexity index is 8.26. The first kappa shape index (κ1) is 127. The predicted molar refractivity (Wildman–Crippen MR) is 0 cm³/mol. The average molecular weight is 789 g/mol. The molecule has 0 saturated heterocycles. The van der Waals surface area contributed by atoms with E-state index in [9.17, 15) is 0 Å². The van der Waals surface area contributed by atoms with Crippen LogP contribution in [0, 0.1) is 0 Å². The van der Waals surface area contributed by atoms with Gasteiger partial charge >= 0.3 is 0 Å². The van der Waals surface area contributed by atoms with E-state index in [1.54, 1.807) is 0 Å². The molecule has 9 heteroatoms. The van der Waals surface area contributed by atoms with E-state index in [4.69, 9.17) is 0 Å². The average Bonchev–Trinajstić information content (AvgIpc) is 0. The van der Waals surface area contributed by atoms with Gasteiger partial charge in [-0.05, 0) is 0 Å². The monoisotopic (exact) mass is 789 g/mol. The summed E-state index contributed by atoms with van der Waals surface area (Å²) in [5.41, 5.74) is 0. The Morgan fingerprint density at radius 3 is 0.222 bits per heavy atom. The molecule has 3 radical (unpaired) electrons. The van der Waals surface area contributed by atoms with Gasteiger partial charge in [0.1, 0.15) is 0 Å². The summed E-state index contributed by atoms with van der Waals surface area (Å²) < 4.78 is 0. The zero-order chi connectivity index (χ0) is 0. The summed E-state index contributed by atoms with van der Waals surface area (Å²) in [4.78, 5) is 0. The van der Waals surface area contributed by atoms with Crippen LogP contribution in [0.1, 0.15) is 0 Å². The summed E-state index contributed by atoms with van der Waals surface area (Å²) in [6.45, 7) is 0. The molecule has 0 heterocycles. The standard InChI is InChI=1S/6ClH.3Ir/h6*1H;;;/p-6. The first-order valence-electron chi connectivity index (χ1n) is 0. The maximum Gasteiger partial charge on any atom is 0 e. The van der Waals surface area contributed by atoms with Crippen LogP contribution in [0.4, 0.5) is 0 Å². The zero-order valence-electron chi connectivity index (χ0n) is 3.27. The minimum atomic E-state index is 0. The van der Waals surface area contributed by atoms with E-state index in [1.807, 2.05) is 0 Å². The van der Waals surface area contributed by atoms with Crippen LogP contribution in [0.2, 0.25) is 0 Å². The van der Waals surface area contributed by atoms with E-state index in [0.717, 1.165) is 0 Å². The van der Waals surface area contributed by atoms with Crippen LogP contribution in [0.25, 0.3) is 0 Å². The van der Waals surface area contributed by atoms with Crippen LogP contribution in [-0.2, 0) is 60.3 Å². The second-order valence-corrected chi connectivity index (χ2v) is 0. The maximum absolute atomic E-state index is 0. The smallest absolute Gasteiger partial charge is 0 e. The SMILES string of the molecule is [Cl-].[Cl-].[Cl-].[Cl-].[Cl-].[Cl-].[Ir].[Ir].[Ir]. The summed E-state index contributed by atoms with van der Waals surface area (Å²) in [6.07, 6.45) is 0. The van der Waals surface area contributed by atoms with Gasteiger partial charge in [0.05, 0.1) is 0 Å². The molecule has 0 spiro atoms. The first-order valence-corrected chi connectivity index (χ1v) is 0. The van der Waals surface area contributed by atoms with Crippen LogP contribution in [0.15, 0.2) is 0 Å². The Kier molecular flexibility index (Phi) is 1390. The van der Waals surface area contributed by atoms with Crippen LogP contribution in [0.5, 0.6) is 0 Å². The Hall–Kier alpha value is 3.69. The second-order valence-electron chi connectivity index (χ2n) is 0. The van der Waals surface area contributed by atoms with Crippen molar-refractivity contribution in [2.45, 2.75) is 0 Å². The summed E-state index contributed by atoms with van der Waals surface area (Å²) in [6, 6.07) is 0. The van der Waals surface area contributed by atoms with Gasteiger partial charge in [-0.15, -0.1) is 0 Å². The van der Waals surface area contributed by atoms with E-state index in [-0.39, 0.29) is 135 Å². The predicted octanol–water partition coefficient (Wildman–Crippen LogP) is -18.0. The molecule has 0 fully saturated rings. The van der Waals surface area contributed by atoms with E-state index in [2.05, 4.69) is 0 Å². The van der Waals surface area contributed by atoms with Gasteiger partial charge in [0.15, 0.2) is 0 Å². The minimum absolute atomic E-state index is 0. The third kappa shape index (κ3) is 80.7. The molecule has 0 aliphatic heterocycles. The van der Waals surface area contributed by atoms with Crippen molar-refractivity contribution >= 4 is 0 Å². The van der Waals surface area contributed by atoms with Crippen molar-refractivity contribution in [3.8, 4) is 0 Å². The molecule has 0 N–H and O–H groups in total. The van der Waals surface area contributed by atoms with Gasteiger partial charge < -0.3 is 74.4 Å². The number of rotatable bonds is 0. The minimum Gasteiger partial charge on any atom is -1.00 e. The van der Waals surface area contributed by atoms with E-state index >= 15 is 0 Å². The molecule has 0 unspecified atom stereocenters. The van der Waals surface area contributed by atoms with Crippen molar-refractivity contribution in [3.63, 3.8) is 0 Å². The molecule has 0 nitrogen and oxygen atoms in total. The molecule has 0 aliphatic carbocycles. The topological polar surface area (TPSA) is 0 Å². The van der Waals surface area contributed by atoms with Gasteiger partial charge in [0.25, 0.3) is 0 Å². The molecule has 0 aromatic rings. The fourth-order valence-corrected chi connectivity index (χ4v) is 0. The molecular formula is Cl6Ir3-6. The summed E-state index contributed by atoms with van der Waals surface area (Å²) in [7, 11) is 0. The zero-order valence-corrected chi connectivity index (χ0v) is 15.0.